The highest BCUT2D eigenvalue weighted by Crippen LogP contribution is 2.42. The highest BCUT2D eigenvalue weighted by atomic mass is 16.4. The number of carboxylic acids is 1. The lowest BCUT2D eigenvalue weighted by Gasteiger charge is -2.36. The minimum Gasteiger partial charge on any atom is -0.481 e. The Kier molecular flexibility index (Phi) is 3.55. The summed E-state index contributed by atoms with van der Waals surface area (Å²) in [5, 5.41) is 9.68. The summed E-state index contributed by atoms with van der Waals surface area (Å²) in [6, 6.07) is 7.82. The Morgan fingerprint density at radius 3 is 2.78 bits per heavy atom. The van der Waals surface area contributed by atoms with E-state index in [1.807, 2.05) is 31.2 Å². The van der Waals surface area contributed by atoms with E-state index in [-0.39, 0.29) is 5.92 Å². The number of hydrogen-bond donors (Lipinski definition) is 1. The zero-order valence-electron chi connectivity index (χ0n) is 11.0. The van der Waals surface area contributed by atoms with Crippen molar-refractivity contribution in [3.8, 4) is 0 Å². The second-order valence-electron chi connectivity index (χ2n) is 5.20. The van der Waals surface area contributed by atoms with E-state index in [1.54, 1.807) is 0 Å². The highest BCUT2D eigenvalue weighted by Gasteiger charge is 2.44. The average Bonchev–Trinajstić information content (AvgIpc) is 2.38. The van der Waals surface area contributed by atoms with Crippen molar-refractivity contribution in [3.63, 3.8) is 0 Å². The zero-order valence-corrected chi connectivity index (χ0v) is 11.0. The van der Waals surface area contributed by atoms with Crippen LogP contribution in [-0.2, 0) is 10.2 Å². The summed E-state index contributed by atoms with van der Waals surface area (Å²) in [6.07, 6.45) is 7.25. The molecule has 18 heavy (non-hydrogen) atoms. The number of unbranched alkanes of at least 4 members (excludes halogenated alkanes) is 1. The normalized spacial score (nSPS) is 25.8. The Balaban J connectivity index is 2.45. The lowest BCUT2D eigenvalue weighted by molar-refractivity contribution is -0.145. The molecule has 2 nitrogen and oxygen atoms in total. The Morgan fingerprint density at radius 1 is 1.39 bits per heavy atom. The molecule has 1 aliphatic rings. The summed E-state index contributed by atoms with van der Waals surface area (Å²) in [6.45, 7) is 4.00. The first kappa shape index (κ1) is 12.9. The number of carbonyl (C=O) groups is 1. The standard InChI is InChI=1S/C16H20O2/c1-3-4-8-13-11-10-12-7-5-6-9-14(12)16(13,2)15(17)18/h5-7,9-11,13H,3-4,8H2,1-2H3,(H,17,18)/t13-,16-/m0/s1. The lowest BCUT2D eigenvalue weighted by atomic mass is 9.66. The molecule has 0 unspecified atom stereocenters. The number of benzene rings is 1. The maximum Gasteiger partial charge on any atom is 0.314 e. The molecule has 0 radical (unpaired) electrons. The number of hydrogen-bond acceptors (Lipinski definition) is 1. The molecule has 96 valence electrons. The van der Waals surface area contributed by atoms with Gasteiger partial charge in [0.05, 0.1) is 5.41 Å². The van der Waals surface area contributed by atoms with Gasteiger partial charge in [0.15, 0.2) is 0 Å². The van der Waals surface area contributed by atoms with Gasteiger partial charge in [0.25, 0.3) is 0 Å². The van der Waals surface area contributed by atoms with Crippen LogP contribution in [0.25, 0.3) is 6.08 Å². The molecule has 0 spiro atoms. The van der Waals surface area contributed by atoms with Crippen molar-refractivity contribution in [2.45, 2.75) is 38.5 Å². The summed E-state index contributed by atoms with van der Waals surface area (Å²) in [4.78, 5) is 11.8. The molecule has 0 amide bonds. The minimum atomic E-state index is -0.791. The fourth-order valence-electron chi connectivity index (χ4n) is 2.81. The predicted molar refractivity (Wildman–Crippen MR) is 73.5 cm³/mol. The van der Waals surface area contributed by atoms with Crippen LogP contribution in [0.2, 0.25) is 0 Å². The van der Waals surface area contributed by atoms with Gasteiger partial charge in [0.2, 0.25) is 0 Å². The third kappa shape index (κ3) is 1.96. The van der Waals surface area contributed by atoms with Crippen molar-refractivity contribution in [3.05, 3.63) is 41.5 Å². The van der Waals surface area contributed by atoms with E-state index in [0.29, 0.717) is 0 Å². The molecule has 0 aromatic heterocycles. The van der Waals surface area contributed by atoms with Crippen LogP contribution in [-0.4, -0.2) is 11.1 Å². The Bertz CT molecular complexity index is 476. The van der Waals surface area contributed by atoms with Gasteiger partial charge in [-0.2, -0.15) is 0 Å². The molecule has 1 aromatic rings. The number of rotatable bonds is 4. The van der Waals surface area contributed by atoms with Crippen LogP contribution >= 0.6 is 0 Å². The number of aliphatic carboxylic acids is 1. The van der Waals surface area contributed by atoms with Crippen molar-refractivity contribution in [2.24, 2.45) is 5.92 Å². The third-order valence-electron chi connectivity index (χ3n) is 4.08. The summed E-state index contributed by atoms with van der Waals surface area (Å²) in [5.74, 6) is -0.634. The molecule has 2 heteroatoms. The smallest absolute Gasteiger partial charge is 0.314 e. The van der Waals surface area contributed by atoms with Crippen molar-refractivity contribution in [1.29, 1.82) is 0 Å². The van der Waals surface area contributed by atoms with Crippen LogP contribution in [0.15, 0.2) is 30.3 Å². The zero-order chi connectivity index (χ0) is 13.2. The Labute approximate surface area is 108 Å². The fourth-order valence-corrected chi connectivity index (χ4v) is 2.81. The van der Waals surface area contributed by atoms with Gasteiger partial charge in [-0.05, 0) is 30.4 Å². The van der Waals surface area contributed by atoms with Crippen molar-refractivity contribution >= 4 is 12.0 Å². The molecule has 0 saturated heterocycles. The molecule has 0 heterocycles. The van der Waals surface area contributed by atoms with Crippen molar-refractivity contribution in [1.82, 2.24) is 0 Å². The molecule has 0 fully saturated rings. The number of allylic oxidation sites excluding steroid dienone is 1. The van der Waals surface area contributed by atoms with E-state index in [4.69, 9.17) is 0 Å². The maximum atomic E-state index is 11.8. The molecule has 1 aliphatic carbocycles. The van der Waals surface area contributed by atoms with E-state index < -0.39 is 11.4 Å². The van der Waals surface area contributed by atoms with Gasteiger partial charge in [-0.3, -0.25) is 4.79 Å². The third-order valence-corrected chi connectivity index (χ3v) is 4.08. The molecular weight excluding hydrogens is 224 g/mol. The largest absolute Gasteiger partial charge is 0.481 e. The summed E-state index contributed by atoms with van der Waals surface area (Å²) >= 11 is 0. The first-order valence-electron chi connectivity index (χ1n) is 6.61. The highest BCUT2D eigenvalue weighted by molar-refractivity contribution is 5.85. The SMILES string of the molecule is CCCC[C@H]1C=Cc2ccccc2[C@@]1(C)C(=O)O. The van der Waals surface area contributed by atoms with E-state index in [9.17, 15) is 9.90 Å². The van der Waals surface area contributed by atoms with Crippen LogP contribution in [0.1, 0.15) is 44.2 Å². The molecule has 1 N–H and O–H groups in total. The summed E-state index contributed by atoms with van der Waals surface area (Å²) in [7, 11) is 0. The second-order valence-corrected chi connectivity index (χ2v) is 5.20. The van der Waals surface area contributed by atoms with Gasteiger partial charge < -0.3 is 5.11 Å². The van der Waals surface area contributed by atoms with Crippen LogP contribution in [0.4, 0.5) is 0 Å². The van der Waals surface area contributed by atoms with Crippen LogP contribution in [0.5, 0.6) is 0 Å². The molecular formula is C16H20O2. The molecule has 2 atom stereocenters. The Morgan fingerprint density at radius 2 is 2.11 bits per heavy atom. The molecule has 2 rings (SSSR count). The molecule has 0 bridgehead atoms. The molecule has 0 aliphatic heterocycles. The van der Waals surface area contributed by atoms with Crippen LogP contribution < -0.4 is 0 Å². The number of fused-ring (bicyclic) bond motifs is 1. The van der Waals surface area contributed by atoms with Crippen molar-refractivity contribution in [2.75, 3.05) is 0 Å². The van der Waals surface area contributed by atoms with E-state index in [0.717, 1.165) is 30.4 Å². The quantitative estimate of drug-likeness (QED) is 0.873. The number of carboxylic acid groups (broad SMARTS) is 1. The first-order chi connectivity index (χ1) is 8.60. The van der Waals surface area contributed by atoms with Crippen molar-refractivity contribution < 1.29 is 9.90 Å². The van der Waals surface area contributed by atoms with Gasteiger partial charge in [-0.1, -0.05) is 56.2 Å². The molecule has 1 aromatic carbocycles. The van der Waals surface area contributed by atoms with E-state index in [1.165, 1.54) is 0 Å². The van der Waals surface area contributed by atoms with E-state index >= 15 is 0 Å². The maximum absolute atomic E-state index is 11.8. The first-order valence-corrected chi connectivity index (χ1v) is 6.61. The Hall–Kier alpha value is -1.57. The summed E-state index contributed by atoms with van der Waals surface area (Å²) in [5.41, 5.74) is 1.19. The monoisotopic (exact) mass is 244 g/mol. The van der Waals surface area contributed by atoms with Gasteiger partial charge in [-0.15, -0.1) is 0 Å². The van der Waals surface area contributed by atoms with E-state index in [2.05, 4.69) is 19.1 Å². The van der Waals surface area contributed by atoms with Gasteiger partial charge in [-0.25, -0.2) is 0 Å². The minimum absolute atomic E-state index is 0.0878. The van der Waals surface area contributed by atoms with Crippen LogP contribution in [0.3, 0.4) is 0 Å². The fraction of sp³-hybridized carbons (Fsp3) is 0.438. The average molecular weight is 244 g/mol. The predicted octanol–water partition coefficient (Wildman–Crippen LogP) is 3.86. The molecule has 0 saturated carbocycles. The van der Waals surface area contributed by atoms with Gasteiger partial charge >= 0.3 is 5.97 Å². The van der Waals surface area contributed by atoms with Gasteiger partial charge in [0, 0.05) is 0 Å². The lowest BCUT2D eigenvalue weighted by Crippen LogP contribution is -2.41. The van der Waals surface area contributed by atoms with Gasteiger partial charge in [0.1, 0.15) is 0 Å². The topological polar surface area (TPSA) is 37.3 Å². The van der Waals surface area contributed by atoms with Crippen LogP contribution in [0, 0.1) is 5.92 Å². The summed E-state index contributed by atoms with van der Waals surface area (Å²) < 4.78 is 0. The second kappa shape index (κ2) is 4.97.